The predicted molar refractivity (Wildman–Crippen MR) is 120 cm³/mol. The Hall–Kier alpha value is -2.89. The molecule has 1 aliphatic heterocycles. The fourth-order valence-electron chi connectivity index (χ4n) is 3.88. The first kappa shape index (κ1) is 20.4. The molecule has 2 aromatic carbocycles. The number of pyridine rings is 1. The van der Waals surface area contributed by atoms with Crippen molar-refractivity contribution >= 4 is 0 Å². The highest BCUT2D eigenvalue weighted by Crippen LogP contribution is 2.26. The van der Waals surface area contributed by atoms with Gasteiger partial charge in [0, 0.05) is 50.4 Å². The average molecular weight is 404 g/mol. The van der Waals surface area contributed by atoms with Crippen LogP contribution in [0, 0.1) is 0 Å². The molecule has 5 heteroatoms. The van der Waals surface area contributed by atoms with E-state index in [1.165, 1.54) is 5.56 Å². The summed E-state index contributed by atoms with van der Waals surface area (Å²) in [6.07, 6.45) is 0. The van der Waals surface area contributed by atoms with Gasteiger partial charge in [0.1, 0.15) is 5.75 Å². The lowest BCUT2D eigenvalue weighted by Gasteiger charge is -2.34. The lowest BCUT2D eigenvalue weighted by atomic mass is 10.1. The van der Waals surface area contributed by atoms with E-state index in [-0.39, 0.29) is 0 Å². The fraction of sp³-hybridized carbons (Fsp3) is 0.320. The zero-order valence-electron chi connectivity index (χ0n) is 17.8. The van der Waals surface area contributed by atoms with Crippen molar-refractivity contribution in [2.75, 3.05) is 40.4 Å². The maximum atomic E-state index is 5.62. The summed E-state index contributed by atoms with van der Waals surface area (Å²) in [7, 11) is 3.37. The molecule has 0 atom stereocenters. The number of piperazine rings is 1. The molecule has 5 nitrogen and oxygen atoms in total. The second-order valence-electron chi connectivity index (χ2n) is 7.63. The first-order valence-corrected chi connectivity index (χ1v) is 10.4. The van der Waals surface area contributed by atoms with E-state index in [1.807, 2.05) is 24.3 Å². The molecule has 0 bridgehead atoms. The van der Waals surface area contributed by atoms with Crippen molar-refractivity contribution in [3.05, 3.63) is 77.9 Å². The summed E-state index contributed by atoms with van der Waals surface area (Å²) >= 11 is 0. The molecule has 1 saturated heterocycles. The zero-order chi connectivity index (χ0) is 20.8. The van der Waals surface area contributed by atoms with E-state index in [0.29, 0.717) is 5.88 Å². The minimum Gasteiger partial charge on any atom is -0.497 e. The van der Waals surface area contributed by atoms with Gasteiger partial charge < -0.3 is 9.47 Å². The molecule has 0 radical (unpaired) electrons. The highest BCUT2D eigenvalue weighted by molar-refractivity contribution is 5.61. The molecule has 1 aliphatic rings. The summed E-state index contributed by atoms with van der Waals surface area (Å²) < 4.78 is 10.9. The van der Waals surface area contributed by atoms with Crippen LogP contribution >= 0.6 is 0 Å². The summed E-state index contributed by atoms with van der Waals surface area (Å²) in [4.78, 5) is 9.76. The molecule has 0 saturated carbocycles. The number of nitrogens with zero attached hydrogens (tertiary/aromatic N) is 3. The Kier molecular flexibility index (Phi) is 6.62. The van der Waals surface area contributed by atoms with Gasteiger partial charge in [0.25, 0.3) is 0 Å². The molecule has 0 unspecified atom stereocenters. The summed E-state index contributed by atoms with van der Waals surface area (Å²) in [6, 6.07) is 22.9. The second kappa shape index (κ2) is 9.74. The highest BCUT2D eigenvalue weighted by Gasteiger charge is 2.19. The number of aromatic nitrogens is 1. The summed E-state index contributed by atoms with van der Waals surface area (Å²) in [6.45, 7) is 6.14. The van der Waals surface area contributed by atoms with Crippen LogP contribution in [0.4, 0.5) is 0 Å². The molecule has 0 amide bonds. The molecule has 156 valence electrons. The molecular formula is C25H29N3O2. The Balaban J connectivity index is 1.37. The van der Waals surface area contributed by atoms with Gasteiger partial charge >= 0.3 is 0 Å². The quantitative estimate of drug-likeness (QED) is 0.594. The van der Waals surface area contributed by atoms with E-state index in [1.54, 1.807) is 14.2 Å². The maximum absolute atomic E-state index is 5.62. The van der Waals surface area contributed by atoms with Crippen LogP contribution < -0.4 is 9.47 Å². The Morgan fingerprint density at radius 1 is 0.733 bits per heavy atom. The van der Waals surface area contributed by atoms with Crippen molar-refractivity contribution in [1.82, 2.24) is 14.8 Å². The third-order valence-corrected chi connectivity index (χ3v) is 5.63. The lowest BCUT2D eigenvalue weighted by molar-refractivity contribution is 0.121. The van der Waals surface area contributed by atoms with Crippen LogP contribution in [0.1, 0.15) is 11.1 Å². The van der Waals surface area contributed by atoms with Crippen LogP contribution in [0.25, 0.3) is 11.3 Å². The van der Waals surface area contributed by atoms with Crippen molar-refractivity contribution < 1.29 is 9.47 Å². The van der Waals surface area contributed by atoms with Crippen molar-refractivity contribution in [1.29, 1.82) is 0 Å². The Morgan fingerprint density at radius 3 is 2.03 bits per heavy atom. The maximum Gasteiger partial charge on any atom is 0.218 e. The fourth-order valence-corrected chi connectivity index (χ4v) is 3.88. The van der Waals surface area contributed by atoms with Gasteiger partial charge in [-0.2, -0.15) is 0 Å². The molecule has 4 rings (SSSR count). The molecule has 30 heavy (non-hydrogen) atoms. The van der Waals surface area contributed by atoms with E-state index in [2.05, 4.69) is 52.3 Å². The normalized spacial score (nSPS) is 15.1. The van der Waals surface area contributed by atoms with E-state index in [9.17, 15) is 0 Å². The lowest BCUT2D eigenvalue weighted by Crippen LogP contribution is -2.45. The zero-order valence-corrected chi connectivity index (χ0v) is 17.8. The molecule has 0 N–H and O–H groups in total. The first-order chi connectivity index (χ1) is 14.7. The van der Waals surface area contributed by atoms with Gasteiger partial charge in [-0.05, 0) is 35.9 Å². The third kappa shape index (κ3) is 4.99. The minimum atomic E-state index is 0.704. The molecule has 3 aromatic rings. The molecule has 1 aromatic heterocycles. The average Bonchev–Trinajstić information content (AvgIpc) is 2.81. The van der Waals surface area contributed by atoms with Crippen LogP contribution in [-0.2, 0) is 13.1 Å². The van der Waals surface area contributed by atoms with Crippen molar-refractivity contribution in [3.8, 4) is 22.9 Å². The number of hydrogen-bond acceptors (Lipinski definition) is 5. The monoisotopic (exact) mass is 403 g/mol. The van der Waals surface area contributed by atoms with Crippen LogP contribution in [0.5, 0.6) is 11.6 Å². The Bertz CT molecular complexity index is 936. The molecule has 1 fully saturated rings. The smallest absolute Gasteiger partial charge is 0.218 e. The first-order valence-electron chi connectivity index (χ1n) is 10.4. The van der Waals surface area contributed by atoms with Crippen LogP contribution in [0.3, 0.4) is 0 Å². The van der Waals surface area contributed by atoms with E-state index >= 15 is 0 Å². The molecule has 0 aliphatic carbocycles. The van der Waals surface area contributed by atoms with Gasteiger partial charge in [-0.25, -0.2) is 4.98 Å². The van der Waals surface area contributed by atoms with E-state index in [0.717, 1.165) is 61.8 Å². The van der Waals surface area contributed by atoms with Crippen LogP contribution in [0.2, 0.25) is 0 Å². The summed E-state index contributed by atoms with van der Waals surface area (Å²) in [5.41, 5.74) is 4.47. The van der Waals surface area contributed by atoms with Gasteiger partial charge in [-0.15, -0.1) is 0 Å². The molecular weight excluding hydrogens is 374 g/mol. The van der Waals surface area contributed by atoms with Crippen molar-refractivity contribution in [2.24, 2.45) is 0 Å². The highest BCUT2D eigenvalue weighted by atomic mass is 16.5. The predicted octanol–water partition coefficient (Wildman–Crippen LogP) is 4.08. The standard InChI is InChI=1S/C25H29N3O2/c1-29-23-11-8-21(9-12-23)24-13-10-22(25(26-24)30-2)19-28-16-14-27(15-17-28)18-20-6-4-3-5-7-20/h3-13H,14-19H2,1-2H3. The second-order valence-corrected chi connectivity index (χ2v) is 7.63. The van der Waals surface area contributed by atoms with Gasteiger partial charge in [0.15, 0.2) is 0 Å². The Morgan fingerprint density at radius 2 is 1.40 bits per heavy atom. The summed E-state index contributed by atoms with van der Waals surface area (Å²) in [5.74, 6) is 1.55. The largest absolute Gasteiger partial charge is 0.497 e. The van der Waals surface area contributed by atoms with Gasteiger partial charge in [0.2, 0.25) is 5.88 Å². The summed E-state index contributed by atoms with van der Waals surface area (Å²) in [5, 5.41) is 0. The Labute approximate surface area is 178 Å². The topological polar surface area (TPSA) is 37.8 Å². The van der Waals surface area contributed by atoms with Crippen molar-refractivity contribution in [2.45, 2.75) is 13.1 Å². The van der Waals surface area contributed by atoms with Crippen LogP contribution in [0.15, 0.2) is 66.7 Å². The number of hydrogen-bond donors (Lipinski definition) is 0. The molecule has 2 heterocycles. The van der Waals surface area contributed by atoms with E-state index in [4.69, 9.17) is 14.5 Å². The van der Waals surface area contributed by atoms with E-state index < -0.39 is 0 Å². The van der Waals surface area contributed by atoms with Gasteiger partial charge in [-0.3, -0.25) is 9.80 Å². The van der Waals surface area contributed by atoms with Crippen molar-refractivity contribution in [3.63, 3.8) is 0 Å². The van der Waals surface area contributed by atoms with Gasteiger partial charge in [-0.1, -0.05) is 36.4 Å². The minimum absolute atomic E-state index is 0.704. The molecule has 0 spiro atoms. The van der Waals surface area contributed by atoms with Crippen LogP contribution in [-0.4, -0.2) is 55.2 Å². The number of benzene rings is 2. The SMILES string of the molecule is COc1ccc(-c2ccc(CN3CCN(Cc4ccccc4)CC3)c(OC)n2)cc1. The number of methoxy groups -OCH3 is 2. The van der Waals surface area contributed by atoms with Gasteiger partial charge in [0.05, 0.1) is 19.9 Å². The number of rotatable bonds is 7. The third-order valence-electron chi connectivity index (χ3n) is 5.63. The number of ether oxygens (including phenoxy) is 2.